The van der Waals surface area contributed by atoms with E-state index in [9.17, 15) is 9.59 Å². The molecule has 4 N–H and O–H groups in total. The first-order chi connectivity index (χ1) is 15.9. The Labute approximate surface area is 189 Å². The van der Waals surface area contributed by atoms with E-state index in [0.717, 1.165) is 0 Å². The molecule has 3 aromatic rings. The molecular weight excluding hydrogens is 430 g/mol. The molecule has 0 saturated carbocycles. The van der Waals surface area contributed by atoms with Crippen LogP contribution >= 0.6 is 0 Å². The molecule has 0 fully saturated rings. The van der Waals surface area contributed by atoms with Gasteiger partial charge in [0.15, 0.2) is 11.6 Å². The maximum atomic E-state index is 12.0. The molecule has 3 rings (SSSR count). The number of nitrogens with zero attached hydrogens (tertiary/aromatic N) is 2. The van der Waals surface area contributed by atoms with Crippen molar-refractivity contribution in [3.63, 3.8) is 0 Å². The Balaban J connectivity index is 1.94. The second-order valence-corrected chi connectivity index (χ2v) is 6.58. The summed E-state index contributed by atoms with van der Waals surface area (Å²) < 4.78 is 20.1. The first kappa shape index (κ1) is 23.1. The second kappa shape index (κ2) is 10.2. The Bertz CT molecular complexity index is 1150. The highest BCUT2D eigenvalue weighted by Gasteiger charge is 2.16. The molecule has 2 aromatic carbocycles. The van der Waals surface area contributed by atoms with E-state index in [2.05, 4.69) is 20.6 Å². The summed E-state index contributed by atoms with van der Waals surface area (Å²) >= 11 is 0. The summed E-state index contributed by atoms with van der Waals surface area (Å²) in [6, 6.07) is 9.60. The maximum Gasteiger partial charge on any atom is 0.337 e. The Hall–Kier alpha value is -4.54. The van der Waals surface area contributed by atoms with Crippen LogP contribution in [0.4, 0.5) is 28.7 Å². The van der Waals surface area contributed by atoms with E-state index in [1.165, 1.54) is 45.9 Å². The summed E-state index contributed by atoms with van der Waals surface area (Å²) in [4.78, 5) is 32.4. The highest BCUT2D eigenvalue weighted by molar-refractivity contribution is 5.97. The molecule has 0 spiro atoms. The van der Waals surface area contributed by atoms with Crippen molar-refractivity contribution in [1.82, 2.24) is 9.97 Å². The van der Waals surface area contributed by atoms with Gasteiger partial charge in [-0.25, -0.2) is 19.6 Å². The average molecular weight is 453 g/mol. The molecule has 172 valence electrons. The van der Waals surface area contributed by atoms with Crippen LogP contribution in [0.5, 0.6) is 11.5 Å². The van der Waals surface area contributed by atoms with E-state index in [0.29, 0.717) is 28.7 Å². The number of hydrogen-bond acceptors (Lipinski definition) is 11. The molecule has 0 amide bonds. The van der Waals surface area contributed by atoms with Crippen LogP contribution in [-0.2, 0) is 9.47 Å². The van der Waals surface area contributed by atoms with Crippen LogP contribution in [0.3, 0.4) is 0 Å². The van der Waals surface area contributed by atoms with Gasteiger partial charge in [-0.15, -0.1) is 0 Å². The lowest BCUT2D eigenvalue weighted by Crippen LogP contribution is -2.09. The van der Waals surface area contributed by atoms with Gasteiger partial charge in [-0.3, -0.25) is 0 Å². The van der Waals surface area contributed by atoms with E-state index in [1.54, 1.807) is 25.3 Å². The van der Waals surface area contributed by atoms with Gasteiger partial charge in [0.05, 0.1) is 45.3 Å². The van der Waals surface area contributed by atoms with Crippen molar-refractivity contribution in [3.05, 3.63) is 53.9 Å². The van der Waals surface area contributed by atoms with Gasteiger partial charge in [0.2, 0.25) is 0 Å². The molecular formula is C22H23N5O6. The number of carbonyl (C=O) groups excluding carboxylic acids is 2. The molecule has 0 aliphatic carbocycles. The number of nitrogens with one attached hydrogen (secondary N) is 2. The number of anilines is 5. The molecule has 0 atom stereocenters. The molecule has 0 aliphatic heterocycles. The van der Waals surface area contributed by atoms with Crippen molar-refractivity contribution in [2.75, 3.05) is 44.8 Å². The molecule has 0 saturated heterocycles. The van der Waals surface area contributed by atoms with Gasteiger partial charge in [0.25, 0.3) is 0 Å². The number of aromatic nitrogens is 2. The number of ether oxygens (including phenoxy) is 4. The van der Waals surface area contributed by atoms with E-state index in [1.807, 2.05) is 0 Å². The molecule has 1 aromatic heterocycles. The van der Waals surface area contributed by atoms with Gasteiger partial charge in [-0.1, -0.05) is 0 Å². The minimum absolute atomic E-state index is 0.150. The first-order valence-electron chi connectivity index (χ1n) is 9.58. The predicted molar refractivity (Wildman–Crippen MR) is 122 cm³/mol. The molecule has 11 nitrogen and oxygen atoms in total. The van der Waals surface area contributed by atoms with Crippen molar-refractivity contribution < 1.29 is 28.5 Å². The summed E-state index contributed by atoms with van der Waals surface area (Å²) in [5, 5.41) is 6.10. The summed E-state index contributed by atoms with van der Waals surface area (Å²) in [5.74, 6) is 0.477. The highest BCUT2D eigenvalue weighted by atomic mass is 16.5. The third-order valence-electron chi connectivity index (χ3n) is 4.58. The zero-order valence-electron chi connectivity index (χ0n) is 18.5. The summed E-state index contributed by atoms with van der Waals surface area (Å²) in [6.45, 7) is 0. The number of benzene rings is 2. The Morgan fingerprint density at radius 2 is 1.42 bits per heavy atom. The van der Waals surface area contributed by atoms with Crippen LogP contribution in [0.2, 0.25) is 0 Å². The third-order valence-corrected chi connectivity index (χ3v) is 4.58. The Kier molecular flexibility index (Phi) is 7.13. The van der Waals surface area contributed by atoms with Gasteiger partial charge >= 0.3 is 11.9 Å². The van der Waals surface area contributed by atoms with Crippen molar-refractivity contribution in [1.29, 1.82) is 0 Å². The Morgan fingerprint density at radius 1 is 0.818 bits per heavy atom. The molecule has 11 heteroatoms. The van der Waals surface area contributed by atoms with Crippen LogP contribution in [0.25, 0.3) is 0 Å². The first-order valence-corrected chi connectivity index (χ1v) is 9.58. The minimum atomic E-state index is -0.617. The van der Waals surface area contributed by atoms with Gasteiger partial charge < -0.3 is 35.3 Å². The Morgan fingerprint density at radius 3 is 1.97 bits per heavy atom. The fourth-order valence-electron chi connectivity index (χ4n) is 2.93. The van der Waals surface area contributed by atoms with Crippen LogP contribution in [-0.4, -0.2) is 50.3 Å². The molecule has 0 aliphatic rings. The van der Waals surface area contributed by atoms with Crippen LogP contribution < -0.4 is 25.8 Å². The van der Waals surface area contributed by atoms with E-state index >= 15 is 0 Å². The van der Waals surface area contributed by atoms with Crippen LogP contribution in [0.1, 0.15) is 20.7 Å². The number of hydrogen-bond donors (Lipinski definition) is 3. The SMILES string of the molecule is COC(=O)c1cc(Nc2ncnc(Nc3ccc(OC)cc3OC)c2N)cc(C(=O)OC)c1. The van der Waals surface area contributed by atoms with E-state index in [4.69, 9.17) is 24.7 Å². The zero-order valence-corrected chi connectivity index (χ0v) is 18.5. The van der Waals surface area contributed by atoms with Gasteiger partial charge in [-0.05, 0) is 30.3 Å². The number of esters is 2. The minimum Gasteiger partial charge on any atom is -0.497 e. The van der Waals surface area contributed by atoms with Crippen LogP contribution in [0.15, 0.2) is 42.7 Å². The predicted octanol–water partition coefficient (Wildman–Crippen LogP) is 3.14. The molecule has 0 unspecified atom stereocenters. The van der Waals surface area contributed by atoms with Gasteiger partial charge in [0.1, 0.15) is 23.5 Å². The summed E-state index contributed by atoms with van der Waals surface area (Å²) in [5.41, 5.74) is 7.75. The standard InChI is InChI=1S/C22H23N5O6/c1-30-15-5-6-16(17(10-15)31-2)27-20-18(23)19(24-11-25-20)26-14-8-12(21(28)32-3)7-13(9-14)22(29)33-4/h5-11H,23H2,1-4H3,(H2,24,25,26,27). The fourth-order valence-corrected chi connectivity index (χ4v) is 2.93. The van der Waals surface area contributed by atoms with Crippen molar-refractivity contribution in [3.8, 4) is 11.5 Å². The summed E-state index contributed by atoms with van der Waals surface area (Å²) in [7, 11) is 5.58. The van der Waals surface area contributed by atoms with E-state index < -0.39 is 11.9 Å². The molecule has 0 radical (unpaired) electrons. The summed E-state index contributed by atoms with van der Waals surface area (Å²) in [6.07, 6.45) is 1.31. The monoisotopic (exact) mass is 453 g/mol. The zero-order chi connectivity index (χ0) is 24.0. The van der Waals surface area contributed by atoms with Gasteiger partial charge in [0, 0.05) is 11.8 Å². The fraction of sp³-hybridized carbons (Fsp3) is 0.182. The van der Waals surface area contributed by atoms with Crippen molar-refractivity contribution in [2.45, 2.75) is 0 Å². The number of carbonyl (C=O) groups is 2. The lowest BCUT2D eigenvalue weighted by molar-refractivity contribution is 0.0599. The normalized spacial score (nSPS) is 10.2. The third kappa shape index (κ3) is 5.21. The number of nitrogens with two attached hydrogens (primary N) is 1. The highest BCUT2D eigenvalue weighted by Crippen LogP contribution is 2.34. The average Bonchev–Trinajstić information content (AvgIpc) is 2.85. The molecule has 33 heavy (non-hydrogen) atoms. The quantitative estimate of drug-likeness (QED) is 0.432. The van der Waals surface area contributed by atoms with Crippen LogP contribution in [0, 0.1) is 0 Å². The van der Waals surface area contributed by atoms with Gasteiger partial charge in [-0.2, -0.15) is 0 Å². The smallest absolute Gasteiger partial charge is 0.337 e. The largest absolute Gasteiger partial charge is 0.497 e. The van der Waals surface area contributed by atoms with Crippen molar-refractivity contribution >= 4 is 40.6 Å². The second-order valence-electron chi connectivity index (χ2n) is 6.58. The molecule has 1 heterocycles. The van der Waals surface area contributed by atoms with Crippen molar-refractivity contribution in [2.24, 2.45) is 0 Å². The number of methoxy groups -OCH3 is 4. The lowest BCUT2D eigenvalue weighted by atomic mass is 10.1. The number of nitrogen functional groups attached to an aromatic ring is 1. The van der Waals surface area contributed by atoms with E-state index in [-0.39, 0.29) is 22.6 Å². The topological polar surface area (TPSA) is 147 Å². The number of rotatable bonds is 8. The maximum absolute atomic E-state index is 12.0. The lowest BCUT2D eigenvalue weighted by Gasteiger charge is -2.15. The molecule has 0 bridgehead atoms.